The number of carbonyl (C=O) groups is 2. The van der Waals surface area contributed by atoms with Crippen LogP contribution in [0.2, 0.25) is 0 Å². The van der Waals surface area contributed by atoms with Gasteiger partial charge in [0.2, 0.25) is 0 Å². The molecule has 2 N–H and O–H groups in total. The van der Waals surface area contributed by atoms with E-state index < -0.39 is 5.97 Å². The van der Waals surface area contributed by atoms with Crippen molar-refractivity contribution in [2.45, 2.75) is 50.9 Å². The van der Waals surface area contributed by atoms with E-state index in [9.17, 15) is 9.59 Å². The number of urea groups is 1. The Morgan fingerprint density at radius 1 is 1.43 bits per heavy atom. The smallest absolute Gasteiger partial charge is 0.329 e. The summed E-state index contributed by atoms with van der Waals surface area (Å²) in [6, 6.07) is -0.0773. The van der Waals surface area contributed by atoms with Crippen LogP contribution in [0.25, 0.3) is 0 Å². The van der Waals surface area contributed by atoms with Gasteiger partial charge in [-0.2, -0.15) is 0 Å². The van der Waals surface area contributed by atoms with Crippen LogP contribution in [0.3, 0.4) is 0 Å². The fourth-order valence-corrected chi connectivity index (χ4v) is 2.74. The van der Waals surface area contributed by atoms with Crippen LogP contribution in [-0.4, -0.2) is 66.1 Å². The van der Waals surface area contributed by atoms with Crippen LogP contribution in [0.5, 0.6) is 0 Å². The van der Waals surface area contributed by atoms with E-state index in [1.54, 1.807) is 4.90 Å². The third kappa shape index (κ3) is 4.07. The Bertz CT molecular complexity index is 395. The molecule has 0 bridgehead atoms. The molecule has 2 aliphatic heterocycles. The Kier molecular flexibility index (Phi) is 5.05. The zero-order valence-electron chi connectivity index (χ0n) is 12.6. The third-order valence-corrected chi connectivity index (χ3v) is 4.45. The maximum Gasteiger partial charge on any atom is 0.329 e. The van der Waals surface area contributed by atoms with E-state index in [2.05, 4.69) is 5.32 Å². The lowest BCUT2D eigenvalue weighted by atomic mass is 9.95. The fourth-order valence-electron chi connectivity index (χ4n) is 2.74. The van der Waals surface area contributed by atoms with Crippen molar-refractivity contribution in [1.82, 2.24) is 10.2 Å². The zero-order valence-corrected chi connectivity index (χ0v) is 12.6. The minimum atomic E-state index is -0.960. The first-order valence-electron chi connectivity index (χ1n) is 7.43. The van der Waals surface area contributed by atoms with Gasteiger partial charge in [-0.25, -0.2) is 9.59 Å². The molecule has 0 radical (unpaired) electrons. The van der Waals surface area contributed by atoms with Crippen molar-refractivity contribution in [3.05, 3.63) is 0 Å². The summed E-state index contributed by atoms with van der Waals surface area (Å²) in [6.45, 7) is 5.54. The molecule has 2 amide bonds. The first-order valence-corrected chi connectivity index (χ1v) is 7.43. The van der Waals surface area contributed by atoms with Crippen molar-refractivity contribution >= 4 is 12.0 Å². The van der Waals surface area contributed by atoms with Gasteiger partial charge in [0, 0.05) is 19.7 Å². The summed E-state index contributed by atoms with van der Waals surface area (Å²) in [5, 5.41) is 11.7. The predicted molar refractivity (Wildman–Crippen MR) is 75.2 cm³/mol. The molecule has 0 saturated carbocycles. The van der Waals surface area contributed by atoms with E-state index in [0.717, 1.165) is 6.42 Å². The zero-order chi connectivity index (χ0) is 15.5. The molecule has 7 nitrogen and oxygen atoms in total. The molecular weight excluding hydrogens is 276 g/mol. The Labute approximate surface area is 124 Å². The second kappa shape index (κ2) is 6.62. The van der Waals surface area contributed by atoms with Crippen molar-refractivity contribution in [2.24, 2.45) is 0 Å². The van der Waals surface area contributed by atoms with Gasteiger partial charge in [0.25, 0.3) is 0 Å². The average Bonchev–Trinajstić information content (AvgIpc) is 2.76. The van der Waals surface area contributed by atoms with E-state index in [1.165, 1.54) is 0 Å². The average molecular weight is 300 g/mol. The number of rotatable bonds is 4. The lowest BCUT2D eigenvalue weighted by molar-refractivity contribution is -0.145. The molecule has 21 heavy (non-hydrogen) atoms. The van der Waals surface area contributed by atoms with Crippen LogP contribution in [-0.2, 0) is 14.3 Å². The number of amides is 2. The number of hydrogen-bond acceptors (Lipinski definition) is 4. The van der Waals surface area contributed by atoms with Gasteiger partial charge in [-0.05, 0) is 33.1 Å². The summed E-state index contributed by atoms with van der Waals surface area (Å²) < 4.78 is 10.8. The maximum atomic E-state index is 12.3. The van der Waals surface area contributed by atoms with E-state index in [1.807, 2.05) is 13.8 Å². The molecule has 0 aromatic carbocycles. The highest BCUT2D eigenvalue weighted by Gasteiger charge is 2.39. The molecule has 2 fully saturated rings. The Morgan fingerprint density at radius 3 is 2.62 bits per heavy atom. The number of piperidine rings is 1. The van der Waals surface area contributed by atoms with Gasteiger partial charge in [-0.3, -0.25) is 0 Å². The quantitative estimate of drug-likeness (QED) is 0.803. The van der Waals surface area contributed by atoms with Gasteiger partial charge >= 0.3 is 12.0 Å². The summed E-state index contributed by atoms with van der Waals surface area (Å²) in [4.78, 5) is 24.5. The predicted octanol–water partition coefficient (Wildman–Crippen LogP) is 0.829. The normalized spacial score (nSPS) is 30.4. The number of nitrogens with one attached hydrogen (secondary N) is 1. The number of ether oxygens (including phenoxy) is 2. The maximum absolute atomic E-state index is 12.3. The number of carboxylic acids is 1. The van der Waals surface area contributed by atoms with Gasteiger partial charge in [0.1, 0.15) is 6.61 Å². The van der Waals surface area contributed by atoms with Crippen LogP contribution in [0.15, 0.2) is 0 Å². The number of likely N-dealkylation sites (tertiary alicyclic amines) is 1. The summed E-state index contributed by atoms with van der Waals surface area (Å²) in [5.41, 5.74) is -0.312. The first-order chi connectivity index (χ1) is 9.90. The van der Waals surface area contributed by atoms with E-state index in [-0.39, 0.29) is 30.4 Å². The van der Waals surface area contributed by atoms with Crippen molar-refractivity contribution in [2.75, 3.05) is 26.3 Å². The van der Waals surface area contributed by atoms with Gasteiger partial charge in [-0.15, -0.1) is 0 Å². The number of aliphatic carboxylic acids is 1. The summed E-state index contributed by atoms with van der Waals surface area (Å²) in [7, 11) is 0. The topological polar surface area (TPSA) is 88.1 Å². The highest BCUT2D eigenvalue weighted by atomic mass is 16.5. The first kappa shape index (κ1) is 16.0. The number of nitrogens with zero attached hydrogens (tertiary/aromatic N) is 1. The van der Waals surface area contributed by atoms with Crippen LogP contribution >= 0.6 is 0 Å². The Morgan fingerprint density at radius 2 is 2.10 bits per heavy atom. The molecule has 120 valence electrons. The second-order valence-corrected chi connectivity index (χ2v) is 6.00. The van der Waals surface area contributed by atoms with Crippen LogP contribution in [0.4, 0.5) is 4.79 Å². The molecule has 2 atom stereocenters. The number of carbonyl (C=O) groups excluding carboxylic acids is 1. The molecule has 0 aromatic rings. The fraction of sp³-hybridized carbons (Fsp3) is 0.857. The van der Waals surface area contributed by atoms with Gasteiger partial charge < -0.3 is 24.8 Å². The molecule has 0 aromatic heterocycles. The Balaban J connectivity index is 1.77. The largest absolute Gasteiger partial charge is 0.480 e. The lowest BCUT2D eigenvalue weighted by Gasteiger charge is -2.36. The molecule has 2 unspecified atom stereocenters. The molecule has 0 aliphatic carbocycles. The third-order valence-electron chi connectivity index (χ3n) is 4.45. The minimum absolute atomic E-state index is 0.0119. The summed E-state index contributed by atoms with van der Waals surface area (Å²) in [6.07, 6.45) is 2.10. The highest BCUT2D eigenvalue weighted by molar-refractivity contribution is 5.75. The number of hydrogen-bond donors (Lipinski definition) is 2. The van der Waals surface area contributed by atoms with Crippen molar-refractivity contribution in [1.29, 1.82) is 0 Å². The van der Waals surface area contributed by atoms with E-state index in [0.29, 0.717) is 32.5 Å². The summed E-state index contributed by atoms with van der Waals surface area (Å²) in [5.74, 6) is -0.960. The van der Waals surface area contributed by atoms with Gasteiger partial charge in [0.05, 0.1) is 17.7 Å². The van der Waals surface area contributed by atoms with Gasteiger partial charge in [0.15, 0.2) is 0 Å². The van der Waals surface area contributed by atoms with Crippen molar-refractivity contribution in [3.8, 4) is 0 Å². The Hall–Kier alpha value is -1.34. The van der Waals surface area contributed by atoms with Crippen LogP contribution in [0.1, 0.15) is 33.1 Å². The molecule has 0 spiro atoms. The highest BCUT2D eigenvalue weighted by Crippen LogP contribution is 2.25. The molecule has 2 saturated heterocycles. The van der Waals surface area contributed by atoms with Crippen LogP contribution < -0.4 is 5.32 Å². The molecule has 7 heteroatoms. The van der Waals surface area contributed by atoms with Crippen molar-refractivity contribution in [3.63, 3.8) is 0 Å². The number of carboxylic acid groups (broad SMARTS) is 1. The minimum Gasteiger partial charge on any atom is -0.480 e. The standard InChI is InChI=1S/C14H24N2O5/c1-10-14(2,5-8-20-10)15-13(19)16-6-3-11(4-7-16)21-9-12(17)18/h10-11H,3-9H2,1-2H3,(H,15,19)(H,17,18). The van der Waals surface area contributed by atoms with Crippen molar-refractivity contribution < 1.29 is 24.2 Å². The summed E-state index contributed by atoms with van der Waals surface area (Å²) >= 11 is 0. The monoisotopic (exact) mass is 300 g/mol. The molecule has 2 rings (SSSR count). The molecule has 2 heterocycles. The second-order valence-electron chi connectivity index (χ2n) is 6.00. The van der Waals surface area contributed by atoms with Crippen LogP contribution in [0, 0.1) is 0 Å². The van der Waals surface area contributed by atoms with Gasteiger partial charge in [-0.1, -0.05) is 0 Å². The SMILES string of the molecule is CC1OCCC1(C)NC(=O)N1CCC(OCC(=O)O)CC1. The molecular formula is C14H24N2O5. The van der Waals surface area contributed by atoms with E-state index in [4.69, 9.17) is 14.6 Å². The molecule has 2 aliphatic rings. The van der Waals surface area contributed by atoms with E-state index >= 15 is 0 Å². The lowest BCUT2D eigenvalue weighted by Crippen LogP contribution is -2.56.